The fourth-order valence-corrected chi connectivity index (χ4v) is 1.49. The number of rotatable bonds is 7. The smallest absolute Gasteiger partial charge is 0.222 e. The third-order valence-corrected chi connectivity index (χ3v) is 2.58. The predicted molar refractivity (Wildman–Crippen MR) is 70.4 cm³/mol. The van der Waals surface area contributed by atoms with Crippen molar-refractivity contribution in [3.63, 3.8) is 0 Å². The van der Waals surface area contributed by atoms with Gasteiger partial charge in [0.2, 0.25) is 11.8 Å². The summed E-state index contributed by atoms with van der Waals surface area (Å²) < 4.78 is 5.05. The molecule has 0 atom stereocenters. The van der Waals surface area contributed by atoms with E-state index in [9.17, 15) is 4.79 Å². The summed E-state index contributed by atoms with van der Waals surface area (Å²) in [5, 5.41) is 3.29. The highest BCUT2D eigenvalue weighted by molar-refractivity contribution is 5.75. The topological polar surface area (TPSA) is 54.5 Å². The van der Waals surface area contributed by atoms with Crippen molar-refractivity contribution < 1.29 is 9.53 Å². The van der Waals surface area contributed by atoms with Gasteiger partial charge in [0.1, 0.15) is 0 Å². The number of amides is 1. The van der Waals surface area contributed by atoms with E-state index in [2.05, 4.69) is 10.3 Å². The number of methoxy groups -OCH3 is 1. The van der Waals surface area contributed by atoms with Gasteiger partial charge in [0, 0.05) is 39.3 Å². The number of pyridine rings is 1. The van der Waals surface area contributed by atoms with Crippen LogP contribution in [0.1, 0.15) is 18.4 Å². The third kappa shape index (κ3) is 5.14. The highest BCUT2D eigenvalue weighted by Crippen LogP contribution is 2.07. The monoisotopic (exact) mass is 251 g/mol. The zero-order valence-electron chi connectivity index (χ0n) is 11.3. The lowest BCUT2D eigenvalue weighted by Gasteiger charge is -2.10. The lowest BCUT2D eigenvalue weighted by Crippen LogP contribution is -2.23. The van der Waals surface area contributed by atoms with Crippen LogP contribution in [0, 0.1) is 0 Å². The molecule has 0 fully saturated rings. The molecule has 0 bridgehead atoms. The van der Waals surface area contributed by atoms with E-state index in [1.807, 2.05) is 12.1 Å². The summed E-state index contributed by atoms with van der Waals surface area (Å²) in [6, 6.07) is 3.85. The molecule has 0 aromatic carbocycles. The number of aromatic nitrogens is 1. The molecule has 1 aromatic rings. The van der Waals surface area contributed by atoms with Gasteiger partial charge in [-0.2, -0.15) is 0 Å². The Morgan fingerprint density at radius 1 is 1.50 bits per heavy atom. The van der Waals surface area contributed by atoms with Gasteiger partial charge in [0.05, 0.1) is 7.11 Å². The molecule has 0 saturated carbocycles. The first-order chi connectivity index (χ1) is 8.63. The Morgan fingerprint density at radius 3 is 2.94 bits per heavy atom. The van der Waals surface area contributed by atoms with E-state index >= 15 is 0 Å². The van der Waals surface area contributed by atoms with E-state index in [4.69, 9.17) is 4.74 Å². The van der Waals surface area contributed by atoms with Gasteiger partial charge in [0.15, 0.2) is 0 Å². The summed E-state index contributed by atoms with van der Waals surface area (Å²) in [7, 11) is 5.16. The van der Waals surface area contributed by atoms with Crippen LogP contribution in [0.2, 0.25) is 0 Å². The van der Waals surface area contributed by atoms with Gasteiger partial charge < -0.3 is 15.0 Å². The van der Waals surface area contributed by atoms with Crippen LogP contribution in [-0.2, 0) is 11.3 Å². The van der Waals surface area contributed by atoms with Crippen LogP contribution >= 0.6 is 0 Å². The molecule has 0 saturated heterocycles. The number of nitrogens with one attached hydrogen (secondary N) is 1. The highest BCUT2D eigenvalue weighted by Gasteiger charge is 2.02. The van der Waals surface area contributed by atoms with E-state index in [-0.39, 0.29) is 5.91 Å². The average molecular weight is 251 g/mol. The number of carbonyl (C=O) groups is 1. The number of nitrogens with zero attached hydrogens (tertiary/aromatic N) is 2. The summed E-state index contributed by atoms with van der Waals surface area (Å²) in [6.07, 6.45) is 3.16. The lowest BCUT2D eigenvalue weighted by atomic mass is 10.2. The van der Waals surface area contributed by atoms with Crippen LogP contribution in [0.4, 0.5) is 0 Å². The average Bonchev–Trinajstić information content (AvgIpc) is 2.38. The number of hydrogen-bond acceptors (Lipinski definition) is 4. The fourth-order valence-electron chi connectivity index (χ4n) is 1.49. The minimum Gasteiger partial charge on any atom is -0.481 e. The first-order valence-corrected chi connectivity index (χ1v) is 6.03. The number of ether oxygens (including phenoxy) is 1. The maximum Gasteiger partial charge on any atom is 0.222 e. The standard InChI is InChI=1S/C13H21N3O2/c1-16(2)13(17)5-4-7-14-10-11-6-8-15-12(9-11)18-3/h6,8-9,14H,4-5,7,10H2,1-3H3. The predicted octanol–water partition coefficient (Wildman–Crippen LogP) is 1.05. The fraction of sp³-hybridized carbons (Fsp3) is 0.538. The third-order valence-electron chi connectivity index (χ3n) is 2.58. The molecular formula is C13H21N3O2. The molecule has 18 heavy (non-hydrogen) atoms. The lowest BCUT2D eigenvalue weighted by molar-refractivity contribution is -0.128. The van der Waals surface area contributed by atoms with Crippen LogP contribution in [0.15, 0.2) is 18.3 Å². The van der Waals surface area contributed by atoms with E-state index in [0.29, 0.717) is 12.3 Å². The van der Waals surface area contributed by atoms with E-state index in [1.165, 1.54) is 0 Å². The van der Waals surface area contributed by atoms with Gasteiger partial charge in [-0.15, -0.1) is 0 Å². The summed E-state index contributed by atoms with van der Waals surface area (Å²) >= 11 is 0. The highest BCUT2D eigenvalue weighted by atomic mass is 16.5. The number of hydrogen-bond donors (Lipinski definition) is 1. The molecule has 0 aliphatic carbocycles. The molecule has 1 N–H and O–H groups in total. The molecule has 100 valence electrons. The van der Waals surface area contributed by atoms with Crippen LogP contribution in [0.25, 0.3) is 0 Å². The normalized spacial score (nSPS) is 10.2. The van der Waals surface area contributed by atoms with Crippen molar-refractivity contribution >= 4 is 5.91 Å². The Labute approximate surface area is 108 Å². The molecular weight excluding hydrogens is 230 g/mol. The minimum absolute atomic E-state index is 0.169. The summed E-state index contributed by atoms with van der Waals surface area (Å²) in [4.78, 5) is 17.0. The largest absolute Gasteiger partial charge is 0.481 e. The van der Waals surface area contributed by atoms with Crippen LogP contribution in [0.3, 0.4) is 0 Å². The van der Waals surface area contributed by atoms with Crippen molar-refractivity contribution in [1.29, 1.82) is 0 Å². The maximum absolute atomic E-state index is 11.3. The van der Waals surface area contributed by atoms with Crippen molar-refractivity contribution in [2.24, 2.45) is 0 Å². The summed E-state index contributed by atoms with van der Waals surface area (Å²) in [5.41, 5.74) is 1.13. The van der Waals surface area contributed by atoms with Crippen molar-refractivity contribution in [2.45, 2.75) is 19.4 Å². The molecule has 1 aromatic heterocycles. The van der Waals surface area contributed by atoms with Crippen LogP contribution in [0.5, 0.6) is 5.88 Å². The molecule has 0 aliphatic rings. The second kappa shape index (κ2) is 7.66. The zero-order valence-corrected chi connectivity index (χ0v) is 11.3. The molecule has 0 aliphatic heterocycles. The Kier molecular flexibility index (Phi) is 6.14. The van der Waals surface area contributed by atoms with Gasteiger partial charge in [-0.05, 0) is 24.6 Å². The van der Waals surface area contributed by atoms with Crippen molar-refractivity contribution in [3.8, 4) is 5.88 Å². The summed E-state index contributed by atoms with van der Waals surface area (Å²) in [5.74, 6) is 0.791. The SMILES string of the molecule is COc1cc(CNCCCC(=O)N(C)C)ccn1. The molecule has 0 unspecified atom stereocenters. The van der Waals surface area contributed by atoms with Crippen LogP contribution < -0.4 is 10.1 Å². The van der Waals surface area contributed by atoms with Gasteiger partial charge >= 0.3 is 0 Å². The Balaban J connectivity index is 2.19. The second-order valence-electron chi connectivity index (χ2n) is 4.27. The van der Waals surface area contributed by atoms with E-state index in [0.717, 1.165) is 25.1 Å². The molecule has 1 rings (SSSR count). The van der Waals surface area contributed by atoms with Gasteiger partial charge in [-0.3, -0.25) is 4.79 Å². The zero-order chi connectivity index (χ0) is 13.4. The number of carbonyl (C=O) groups excluding carboxylic acids is 1. The first kappa shape index (κ1) is 14.4. The Hall–Kier alpha value is -1.62. The molecule has 0 radical (unpaired) electrons. The summed E-state index contributed by atoms with van der Waals surface area (Å²) in [6.45, 7) is 1.58. The minimum atomic E-state index is 0.169. The van der Waals surface area contributed by atoms with Crippen molar-refractivity contribution in [3.05, 3.63) is 23.9 Å². The van der Waals surface area contributed by atoms with E-state index in [1.54, 1.807) is 32.3 Å². The second-order valence-corrected chi connectivity index (χ2v) is 4.27. The van der Waals surface area contributed by atoms with Gasteiger partial charge in [0.25, 0.3) is 0 Å². The maximum atomic E-state index is 11.3. The van der Waals surface area contributed by atoms with E-state index < -0.39 is 0 Å². The molecule has 5 heteroatoms. The van der Waals surface area contributed by atoms with Gasteiger partial charge in [-0.1, -0.05) is 0 Å². The quantitative estimate of drug-likeness (QED) is 0.736. The van der Waals surface area contributed by atoms with Gasteiger partial charge in [-0.25, -0.2) is 4.98 Å². The molecule has 1 amide bonds. The van der Waals surface area contributed by atoms with Crippen LogP contribution in [-0.4, -0.2) is 43.5 Å². The molecule has 5 nitrogen and oxygen atoms in total. The van der Waals surface area contributed by atoms with Crippen molar-refractivity contribution in [2.75, 3.05) is 27.7 Å². The van der Waals surface area contributed by atoms with Crippen molar-refractivity contribution in [1.82, 2.24) is 15.2 Å². The Bertz CT molecular complexity index is 380. The Morgan fingerprint density at radius 2 is 2.28 bits per heavy atom. The molecule has 0 spiro atoms. The first-order valence-electron chi connectivity index (χ1n) is 6.03. The molecule has 1 heterocycles.